The molecule has 2 N–H and O–H groups in total. The lowest BCUT2D eigenvalue weighted by Crippen LogP contribution is -2.34. The third-order valence-corrected chi connectivity index (χ3v) is 4.45. The van der Waals surface area contributed by atoms with E-state index in [1.165, 1.54) is 25.7 Å². The Morgan fingerprint density at radius 3 is 2.14 bits per heavy atom. The van der Waals surface area contributed by atoms with Gasteiger partial charge in [-0.2, -0.15) is 0 Å². The fourth-order valence-electron chi connectivity index (χ4n) is 2.99. The highest BCUT2D eigenvalue weighted by molar-refractivity contribution is 5.79. The van der Waals surface area contributed by atoms with E-state index in [-0.39, 0.29) is 17.7 Å². The zero-order chi connectivity index (χ0) is 15.7. The van der Waals surface area contributed by atoms with E-state index in [0.29, 0.717) is 12.8 Å². The van der Waals surface area contributed by atoms with Crippen LogP contribution in [0.25, 0.3) is 0 Å². The topological polar surface area (TPSA) is 66.4 Å². The van der Waals surface area contributed by atoms with Crippen LogP contribution < -0.4 is 5.32 Å². The molecule has 0 saturated heterocycles. The summed E-state index contributed by atoms with van der Waals surface area (Å²) in [5, 5.41) is 12.0. The number of rotatable bonds is 9. The second-order valence-electron chi connectivity index (χ2n) is 6.77. The Labute approximate surface area is 128 Å². The number of hydrogen-bond acceptors (Lipinski definition) is 2. The van der Waals surface area contributed by atoms with E-state index in [2.05, 4.69) is 19.2 Å². The molecule has 1 saturated carbocycles. The molecule has 0 bridgehead atoms. The third-order valence-electron chi connectivity index (χ3n) is 4.45. The molecule has 1 aliphatic carbocycles. The molecular weight excluding hydrogens is 266 g/mol. The lowest BCUT2D eigenvalue weighted by molar-refractivity contribution is -0.144. The first-order valence-corrected chi connectivity index (χ1v) is 8.51. The first kappa shape index (κ1) is 18.0. The van der Waals surface area contributed by atoms with Crippen LogP contribution in [-0.4, -0.2) is 23.5 Å². The molecule has 0 aromatic rings. The summed E-state index contributed by atoms with van der Waals surface area (Å²) in [6, 6.07) is 0. The van der Waals surface area contributed by atoms with Crippen molar-refractivity contribution in [1.29, 1.82) is 0 Å². The van der Waals surface area contributed by atoms with Gasteiger partial charge in [0.2, 0.25) is 5.91 Å². The third kappa shape index (κ3) is 7.49. The number of carbonyl (C=O) groups excluding carboxylic acids is 1. The van der Waals surface area contributed by atoms with Gasteiger partial charge in [-0.05, 0) is 38.0 Å². The predicted molar refractivity (Wildman–Crippen MR) is 84.0 cm³/mol. The number of aliphatic carboxylic acids is 1. The molecule has 0 aromatic carbocycles. The van der Waals surface area contributed by atoms with Crippen LogP contribution in [0.4, 0.5) is 0 Å². The van der Waals surface area contributed by atoms with Crippen LogP contribution in [0.1, 0.15) is 71.6 Å². The number of carboxylic acids is 1. The number of hydrogen-bond donors (Lipinski definition) is 2. The number of carbonyl (C=O) groups is 2. The molecule has 0 unspecified atom stereocenters. The van der Waals surface area contributed by atoms with Gasteiger partial charge in [0.15, 0.2) is 0 Å². The van der Waals surface area contributed by atoms with Gasteiger partial charge in [0.1, 0.15) is 0 Å². The zero-order valence-electron chi connectivity index (χ0n) is 13.6. The molecule has 21 heavy (non-hydrogen) atoms. The van der Waals surface area contributed by atoms with Crippen LogP contribution in [0.2, 0.25) is 0 Å². The molecule has 0 radical (unpaired) electrons. The fraction of sp³-hybridized carbons (Fsp3) is 0.882. The summed E-state index contributed by atoms with van der Waals surface area (Å²) < 4.78 is 0. The maximum Gasteiger partial charge on any atom is 0.306 e. The Bertz CT molecular complexity index is 320. The van der Waals surface area contributed by atoms with E-state index in [0.717, 1.165) is 31.7 Å². The Morgan fingerprint density at radius 1 is 1.00 bits per heavy atom. The monoisotopic (exact) mass is 297 g/mol. The SMILES string of the molecule is CC(C)CCCCCCNC(=O)C1CCC(C(=O)O)CC1. The summed E-state index contributed by atoms with van der Waals surface area (Å²) >= 11 is 0. The van der Waals surface area contributed by atoms with Crippen molar-refractivity contribution in [2.75, 3.05) is 6.54 Å². The summed E-state index contributed by atoms with van der Waals surface area (Å²) in [5.74, 6) is -0.0153. The summed E-state index contributed by atoms with van der Waals surface area (Å²) in [5.41, 5.74) is 0. The lowest BCUT2D eigenvalue weighted by atomic mass is 9.81. The lowest BCUT2D eigenvalue weighted by Gasteiger charge is -2.25. The van der Waals surface area contributed by atoms with E-state index in [9.17, 15) is 9.59 Å². The van der Waals surface area contributed by atoms with Gasteiger partial charge in [-0.1, -0.05) is 39.5 Å². The maximum absolute atomic E-state index is 12.0. The minimum atomic E-state index is -0.713. The molecule has 0 aliphatic heterocycles. The van der Waals surface area contributed by atoms with Crippen molar-refractivity contribution in [3.05, 3.63) is 0 Å². The van der Waals surface area contributed by atoms with E-state index in [4.69, 9.17) is 5.11 Å². The Hall–Kier alpha value is -1.06. The van der Waals surface area contributed by atoms with Crippen molar-refractivity contribution in [2.24, 2.45) is 17.8 Å². The average molecular weight is 297 g/mol. The first-order valence-electron chi connectivity index (χ1n) is 8.51. The standard InChI is InChI=1S/C17H31NO3/c1-13(2)7-5-3-4-6-12-18-16(19)14-8-10-15(11-9-14)17(20)21/h13-15H,3-12H2,1-2H3,(H,18,19)(H,20,21). The van der Waals surface area contributed by atoms with Gasteiger partial charge in [-0.3, -0.25) is 9.59 Å². The molecule has 1 amide bonds. The molecule has 122 valence electrons. The van der Waals surface area contributed by atoms with E-state index in [1.807, 2.05) is 0 Å². The predicted octanol–water partition coefficient (Wildman–Crippen LogP) is 3.60. The number of amides is 1. The molecule has 1 fully saturated rings. The van der Waals surface area contributed by atoms with Gasteiger partial charge < -0.3 is 10.4 Å². The number of nitrogens with one attached hydrogen (secondary N) is 1. The molecule has 1 aliphatic rings. The van der Waals surface area contributed by atoms with Gasteiger partial charge in [0.05, 0.1) is 5.92 Å². The van der Waals surface area contributed by atoms with Crippen molar-refractivity contribution in [2.45, 2.75) is 71.6 Å². The smallest absolute Gasteiger partial charge is 0.306 e. The summed E-state index contributed by atoms with van der Waals surface area (Å²) in [4.78, 5) is 22.9. The van der Waals surface area contributed by atoms with E-state index in [1.54, 1.807) is 0 Å². The summed E-state index contributed by atoms with van der Waals surface area (Å²) in [7, 11) is 0. The first-order chi connectivity index (χ1) is 10.0. The molecule has 0 atom stereocenters. The van der Waals surface area contributed by atoms with Crippen LogP contribution in [0, 0.1) is 17.8 Å². The molecule has 4 heteroatoms. The van der Waals surface area contributed by atoms with Crippen LogP contribution in [0.15, 0.2) is 0 Å². The number of unbranched alkanes of at least 4 members (excludes halogenated alkanes) is 3. The van der Waals surface area contributed by atoms with Gasteiger partial charge >= 0.3 is 5.97 Å². The van der Waals surface area contributed by atoms with Crippen molar-refractivity contribution >= 4 is 11.9 Å². The van der Waals surface area contributed by atoms with Crippen molar-refractivity contribution < 1.29 is 14.7 Å². The van der Waals surface area contributed by atoms with Crippen LogP contribution in [0.3, 0.4) is 0 Å². The second-order valence-corrected chi connectivity index (χ2v) is 6.77. The highest BCUT2D eigenvalue weighted by Gasteiger charge is 2.29. The van der Waals surface area contributed by atoms with Gasteiger partial charge in [0, 0.05) is 12.5 Å². The molecule has 0 heterocycles. The second kappa shape index (κ2) is 9.80. The van der Waals surface area contributed by atoms with Gasteiger partial charge in [0.25, 0.3) is 0 Å². The van der Waals surface area contributed by atoms with E-state index >= 15 is 0 Å². The maximum atomic E-state index is 12.0. The summed E-state index contributed by atoms with van der Waals surface area (Å²) in [6.45, 7) is 5.26. The van der Waals surface area contributed by atoms with Crippen molar-refractivity contribution in [1.82, 2.24) is 5.32 Å². The molecule has 0 aromatic heterocycles. The van der Waals surface area contributed by atoms with E-state index < -0.39 is 5.97 Å². The fourth-order valence-corrected chi connectivity index (χ4v) is 2.99. The average Bonchev–Trinajstić information content (AvgIpc) is 2.45. The minimum absolute atomic E-state index is 0.0292. The molecular formula is C17H31NO3. The molecule has 1 rings (SSSR count). The van der Waals surface area contributed by atoms with Crippen LogP contribution in [-0.2, 0) is 9.59 Å². The normalized spacial score (nSPS) is 22.2. The van der Waals surface area contributed by atoms with Gasteiger partial charge in [-0.25, -0.2) is 0 Å². The highest BCUT2D eigenvalue weighted by Crippen LogP contribution is 2.28. The Kier molecular flexibility index (Phi) is 8.40. The number of carboxylic acid groups (broad SMARTS) is 1. The van der Waals surface area contributed by atoms with Crippen LogP contribution >= 0.6 is 0 Å². The zero-order valence-corrected chi connectivity index (χ0v) is 13.6. The quantitative estimate of drug-likeness (QED) is 0.639. The van der Waals surface area contributed by atoms with Crippen molar-refractivity contribution in [3.63, 3.8) is 0 Å². The van der Waals surface area contributed by atoms with Crippen LogP contribution in [0.5, 0.6) is 0 Å². The van der Waals surface area contributed by atoms with Gasteiger partial charge in [-0.15, -0.1) is 0 Å². The largest absolute Gasteiger partial charge is 0.481 e. The van der Waals surface area contributed by atoms with Crippen molar-refractivity contribution in [3.8, 4) is 0 Å². The summed E-state index contributed by atoms with van der Waals surface area (Å²) in [6.07, 6.45) is 8.77. The Balaban J connectivity index is 2.03. The minimum Gasteiger partial charge on any atom is -0.481 e. The molecule has 4 nitrogen and oxygen atoms in total. The Morgan fingerprint density at radius 2 is 1.57 bits per heavy atom. The molecule has 0 spiro atoms. The highest BCUT2D eigenvalue weighted by atomic mass is 16.4.